The number of hydrogen-bond acceptors (Lipinski definition) is 7. The van der Waals surface area contributed by atoms with E-state index in [1.807, 2.05) is 0 Å². The third kappa shape index (κ3) is 4.03. The first kappa shape index (κ1) is 23.1. The summed E-state index contributed by atoms with van der Waals surface area (Å²) in [7, 11) is 1.32. The van der Waals surface area contributed by atoms with Crippen molar-refractivity contribution in [3.05, 3.63) is 63.8 Å². The van der Waals surface area contributed by atoms with Crippen molar-refractivity contribution in [1.82, 2.24) is 25.3 Å². The minimum atomic E-state index is -0.975. The van der Waals surface area contributed by atoms with Gasteiger partial charge in [-0.1, -0.05) is 25.0 Å². The summed E-state index contributed by atoms with van der Waals surface area (Å²) in [6.45, 7) is 1.69. The molecule has 1 saturated carbocycles. The van der Waals surface area contributed by atoms with Crippen molar-refractivity contribution in [3.8, 4) is 11.4 Å². The molecule has 0 radical (unpaired) electrons. The van der Waals surface area contributed by atoms with Crippen LogP contribution in [0.15, 0.2) is 41.2 Å². The van der Waals surface area contributed by atoms with Gasteiger partial charge < -0.3 is 4.74 Å². The van der Waals surface area contributed by atoms with E-state index >= 15 is 0 Å². The molecule has 0 unspecified atom stereocenters. The van der Waals surface area contributed by atoms with Gasteiger partial charge in [0.1, 0.15) is 11.4 Å². The molecule has 2 aromatic carbocycles. The summed E-state index contributed by atoms with van der Waals surface area (Å²) in [5.74, 6) is -1.45. The van der Waals surface area contributed by atoms with E-state index in [2.05, 4.69) is 10.4 Å². The van der Waals surface area contributed by atoms with Gasteiger partial charge in [-0.2, -0.15) is 4.68 Å². The minimum Gasteiger partial charge on any atom is -0.494 e. The molecular formula is C22H23FN6O5. The second-order valence-corrected chi connectivity index (χ2v) is 7.91. The smallest absolute Gasteiger partial charge is 0.377 e. The van der Waals surface area contributed by atoms with E-state index in [0.717, 1.165) is 18.9 Å². The first-order valence-electron chi connectivity index (χ1n) is 10.6. The average molecular weight is 470 g/mol. The SMILES string of the molecule is COc1cccc(F)c1-n1nnn(C(=O)N(c2ccc(C)c(C(=O)NO)c2)C2CCCC2)c1=O. The number of amides is 2. The largest absolute Gasteiger partial charge is 0.494 e. The number of tetrazole rings is 1. The second-order valence-electron chi connectivity index (χ2n) is 7.91. The summed E-state index contributed by atoms with van der Waals surface area (Å²) in [4.78, 5) is 40.1. The summed E-state index contributed by atoms with van der Waals surface area (Å²) in [6, 6.07) is 7.71. The number of para-hydroxylation sites is 1. The molecule has 0 atom stereocenters. The topological polar surface area (TPSA) is 132 Å². The molecule has 0 aliphatic heterocycles. The highest BCUT2D eigenvalue weighted by Crippen LogP contribution is 2.30. The molecule has 34 heavy (non-hydrogen) atoms. The normalized spacial score (nSPS) is 13.6. The van der Waals surface area contributed by atoms with Gasteiger partial charge in [0, 0.05) is 17.3 Å². The maximum atomic E-state index is 14.5. The Kier molecular flexibility index (Phi) is 6.41. The maximum Gasteiger partial charge on any atom is 0.377 e. The van der Waals surface area contributed by atoms with Crippen molar-refractivity contribution < 1.29 is 23.9 Å². The highest BCUT2D eigenvalue weighted by Gasteiger charge is 2.32. The zero-order valence-corrected chi connectivity index (χ0v) is 18.6. The minimum absolute atomic E-state index is 0.0486. The number of aromatic nitrogens is 4. The van der Waals surface area contributed by atoms with Crippen molar-refractivity contribution in [2.45, 2.75) is 38.6 Å². The van der Waals surface area contributed by atoms with Gasteiger partial charge in [0.25, 0.3) is 5.91 Å². The molecule has 0 spiro atoms. The van der Waals surface area contributed by atoms with E-state index in [-0.39, 0.29) is 23.0 Å². The third-order valence-corrected chi connectivity index (χ3v) is 5.89. The highest BCUT2D eigenvalue weighted by molar-refractivity contribution is 5.98. The molecular weight excluding hydrogens is 447 g/mol. The van der Waals surface area contributed by atoms with Crippen LogP contribution in [-0.2, 0) is 0 Å². The molecule has 2 N–H and O–H groups in total. The standard InChI is InChI=1S/C22H23FN6O5/c1-13-10-11-15(12-16(13)20(30)24-33)27(14-6-3-4-7-14)21(31)29-22(32)28(25-26-29)19-17(23)8-5-9-18(19)34-2/h5,8-12,14,33H,3-4,6-7H2,1-2H3,(H,24,30). The molecule has 1 heterocycles. The van der Waals surface area contributed by atoms with Crippen LogP contribution in [0.2, 0.25) is 0 Å². The van der Waals surface area contributed by atoms with Gasteiger partial charge in [-0.25, -0.2) is 19.5 Å². The zero-order valence-electron chi connectivity index (χ0n) is 18.6. The Hall–Kier alpha value is -4.06. The van der Waals surface area contributed by atoms with Crippen LogP contribution in [0, 0.1) is 12.7 Å². The predicted molar refractivity (Wildman–Crippen MR) is 118 cm³/mol. The fourth-order valence-corrected chi connectivity index (χ4v) is 4.18. The van der Waals surface area contributed by atoms with Crippen LogP contribution in [0.4, 0.5) is 14.9 Å². The van der Waals surface area contributed by atoms with Crippen LogP contribution < -0.4 is 20.8 Å². The summed E-state index contributed by atoms with van der Waals surface area (Å²) >= 11 is 0. The number of aryl methyl sites for hydroxylation is 1. The van der Waals surface area contributed by atoms with Crippen molar-refractivity contribution >= 4 is 17.6 Å². The van der Waals surface area contributed by atoms with Gasteiger partial charge in [0.2, 0.25) is 0 Å². The molecule has 178 valence electrons. The molecule has 1 aliphatic rings. The van der Waals surface area contributed by atoms with E-state index in [4.69, 9.17) is 9.94 Å². The van der Waals surface area contributed by atoms with E-state index < -0.39 is 23.4 Å². The predicted octanol–water partition coefficient (Wildman–Crippen LogP) is 2.42. The van der Waals surface area contributed by atoms with Crippen molar-refractivity contribution in [2.75, 3.05) is 12.0 Å². The van der Waals surface area contributed by atoms with E-state index in [1.54, 1.807) is 24.5 Å². The van der Waals surface area contributed by atoms with Crippen LogP contribution in [0.5, 0.6) is 5.75 Å². The Morgan fingerprint density at radius 3 is 2.62 bits per heavy atom. The summed E-state index contributed by atoms with van der Waals surface area (Å²) in [6.07, 6.45) is 3.15. The third-order valence-electron chi connectivity index (χ3n) is 5.89. The quantitative estimate of drug-likeness (QED) is 0.333. The van der Waals surface area contributed by atoms with E-state index in [9.17, 15) is 18.8 Å². The number of rotatable bonds is 5. The van der Waals surface area contributed by atoms with Crippen molar-refractivity contribution in [1.29, 1.82) is 0 Å². The lowest BCUT2D eigenvalue weighted by atomic mass is 10.1. The summed E-state index contributed by atoms with van der Waals surface area (Å²) in [5.41, 5.74) is 1.46. The molecule has 1 fully saturated rings. The lowest BCUT2D eigenvalue weighted by molar-refractivity contribution is 0.0705. The number of anilines is 1. The number of methoxy groups -OCH3 is 1. The number of hydroxylamine groups is 1. The number of nitrogens with one attached hydrogen (secondary N) is 1. The molecule has 12 heteroatoms. The number of nitrogens with zero attached hydrogens (tertiary/aromatic N) is 5. The summed E-state index contributed by atoms with van der Waals surface area (Å²) in [5, 5.41) is 16.5. The van der Waals surface area contributed by atoms with Gasteiger partial charge in [0.05, 0.1) is 7.11 Å². The van der Waals surface area contributed by atoms with E-state index in [1.165, 1.54) is 30.2 Å². The Bertz CT molecular complexity index is 1300. The molecule has 4 rings (SSSR count). The highest BCUT2D eigenvalue weighted by atomic mass is 19.1. The Balaban J connectivity index is 1.80. The fraction of sp³-hybridized carbons (Fsp3) is 0.318. The average Bonchev–Trinajstić information content (AvgIpc) is 3.49. The number of halogens is 1. The number of carbonyl (C=O) groups excluding carboxylic acids is 2. The Morgan fingerprint density at radius 2 is 1.94 bits per heavy atom. The number of carbonyl (C=O) groups is 2. The second kappa shape index (κ2) is 9.43. The molecule has 3 aromatic rings. The first-order chi connectivity index (χ1) is 16.4. The molecule has 2 amide bonds. The number of ether oxygens (including phenoxy) is 1. The molecule has 1 aromatic heterocycles. The van der Waals surface area contributed by atoms with E-state index in [0.29, 0.717) is 33.5 Å². The first-order valence-corrected chi connectivity index (χ1v) is 10.6. The molecule has 0 bridgehead atoms. The molecule has 0 saturated heterocycles. The monoisotopic (exact) mass is 470 g/mol. The van der Waals surface area contributed by atoms with Crippen LogP contribution in [0.3, 0.4) is 0 Å². The fourth-order valence-electron chi connectivity index (χ4n) is 4.18. The van der Waals surface area contributed by atoms with Gasteiger partial charge in [-0.15, -0.1) is 4.68 Å². The number of benzene rings is 2. The molecule has 11 nitrogen and oxygen atoms in total. The lowest BCUT2D eigenvalue weighted by Crippen LogP contribution is -2.46. The van der Waals surface area contributed by atoms with Crippen molar-refractivity contribution in [3.63, 3.8) is 0 Å². The zero-order chi connectivity index (χ0) is 24.4. The molecule has 1 aliphatic carbocycles. The van der Waals surface area contributed by atoms with Crippen LogP contribution in [-0.4, -0.2) is 50.1 Å². The Morgan fingerprint density at radius 1 is 1.21 bits per heavy atom. The maximum absolute atomic E-state index is 14.5. The van der Waals surface area contributed by atoms with Crippen LogP contribution in [0.1, 0.15) is 41.6 Å². The summed E-state index contributed by atoms with van der Waals surface area (Å²) < 4.78 is 20.9. The van der Waals surface area contributed by atoms with Gasteiger partial charge in [0.15, 0.2) is 5.82 Å². The van der Waals surface area contributed by atoms with Gasteiger partial charge >= 0.3 is 11.7 Å². The van der Waals surface area contributed by atoms with Gasteiger partial charge in [-0.3, -0.25) is 14.9 Å². The van der Waals surface area contributed by atoms with Crippen molar-refractivity contribution in [2.24, 2.45) is 0 Å². The Labute approximate surface area is 193 Å². The van der Waals surface area contributed by atoms with Crippen LogP contribution >= 0.6 is 0 Å². The van der Waals surface area contributed by atoms with Gasteiger partial charge in [-0.05, 0) is 60.0 Å². The number of hydrogen-bond donors (Lipinski definition) is 2. The van der Waals surface area contributed by atoms with Crippen LogP contribution in [0.25, 0.3) is 5.69 Å². The lowest BCUT2D eigenvalue weighted by Gasteiger charge is -2.28.